The summed E-state index contributed by atoms with van der Waals surface area (Å²) in [6.45, 7) is 0. The Morgan fingerprint density at radius 1 is 1.14 bits per heavy atom. The molecule has 0 aromatic heterocycles. The molecule has 3 rings (SSSR count). The average molecular weight is 303 g/mol. The van der Waals surface area contributed by atoms with Crippen LogP contribution >= 0.6 is 0 Å². The van der Waals surface area contributed by atoms with E-state index in [2.05, 4.69) is 5.32 Å². The summed E-state index contributed by atoms with van der Waals surface area (Å²) in [5, 5.41) is 8.53. The van der Waals surface area contributed by atoms with Crippen LogP contribution in [0.3, 0.4) is 0 Å². The van der Waals surface area contributed by atoms with Crippen molar-refractivity contribution < 1.29 is 8.42 Å². The van der Waals surface area contributed by atoms with E-state index in [1.165, 1.54) is 17.2 Å². The third-order valence-electron chi connectivity index (χ3n) is 3.75. The minimum atomic E-state index is -3.68. The number of benzene rings is 2. The smallest absolute Gasteiger partial charge is 0.238 e. The van der Waals surface area contributed by atoms with Crippen LogP contribution in [0.15, 0.2) is 47.4 Å². The SMILES string of the molecule is Nc1ccc2c(c1)CCC2Nc1cccc(S(N)(=O)=O)c1. The number of anilines is 2. The minimum Gasteiger partial charge on any atom is -0.399 e. The summed E-state index contributed by atoms with van der Waals surface area (Å²) in [4.78, 5) is 0.114. The summed E-state index contributed by atoms with van der Waals surface area (Å²) < 4.78 is 22.8. The molecule has 1 aliphatic rings. The Labute approximate surface area is 124 Å². The number of hydrogen-bond donors (Lipinski definition) is 3. The summed E-state index contributed by atoms with van der Waals surface area (Å²) >= 11 is 0. The Bertz CT molecular complexity index is 787. The molecule has 110 valence electrons. The first-order valence-corrected chi connectivity index (χ1v) is 8.26. The number of hydrogen-bond acceptors (Lipinski definition) is 4. The van der Waals surface area contributed by atoms with Gasteiger partial charge in [-0.2, -0.15) is 0 Å². The first-order valence-electron chi connectivity index (χ1n) is 6.71. The van der Waals surface area contributed by atoms with E-state index >= 15 is 0 Å². The normalized spacial score (nSPS) is 17.5. The van der Waals surface area contributed by atoms with Crippen molar-refractivity contribution in [3.8, 4) is 0 Å². The number of primary sulfonamides is 1. The fourth-order valence-corrected chi connectivity index (χ4v) is 3.31. The number of rotatable bonds is 3. The maximum atomic E-state index is 11.4. The van der Waals surface area contributed by atoms with Gasteiger partial charge in [0, 0.05) is 11.4 Å². The standard InChI is InChI=1S/C15H17N3O2S/c16-11-5-6-14-10(8-11)4-7-15(14)18-12-2-1-3-13(9-12)21(17,19)20/h1-3,5-6,8-9,15,18H,4,7,16H2,(H2,17,19,20). The van der Waals surface area contributed by atoms with E-state index in [0.29, 0.717) is 0 Å². The summed E-state index contributed by atoms with van der Waals surface area (Å²) in [5.41, 5.74) is 9.77. The van der Waals surface area contributed by atoms with Crippen molar-refractivity contribution in [2.45, 2.75) is 23.8 Å². The molecule has 0 saturated carbocycles. The van der Waals surface area contributed by atoms with Crippen LogP contribution in [0.2, 0.25) is 0 Å². The molecule has 0 radical (unpaired) electrons. The van der Waals surface area contributed by atoms with Crippen molar-refractivity contribution in [1.82, 2.24) is 0 Å². The summed E-state index contributed by atoms with van der Waals surface area (Å²) in [5.74, 6) is 0. The van der Waals surface area contributed by atoms with Gasteiger partial charge in [0.1, 0.15) is 0 Å². The van der Waals surface area contributed by atoms with Gasteiger partial charge in [0.05, 0.1) is 10.9 Å². The molecule has 1 aliphatic carbocycles. The largest absolute Gasteiger partial charge is 0.399 e. The first kappa shape index (κ1) is 13.9. The molecular weight excluding hydrogens is 286 g/mol. The van der Waals surface area contributed by atoms with Gasteiger partial charge in [0.2, 0.25) is 10.0 Å². The van der Waals surface area contributed by atoms with E-state index in [0.717, 1.165) is 24.2 Å². The third kappa shape index (κ3) is 2.86. The van der Waals surface area contributed by atoms with Crippen LogP contribution in [0.5, 0.6) is 0 Å². The highest BCUT2D eigenvalue weighted by molar-refractivity contribution is 7.89. The van der Waals surface area contributed by atoms with E-state index in [1.807, 2.05) is 24.3 Å². The van der Waals surface area contributed by atoms with Crippen molar-refractivity contribution in [2.75, 3.05) is 11.1 Å². The second kappa shape index (κ2) is 5.05. The second-order valence-corrected chi connectivity index (χ2v) is 6.83. The van der Waals surface area contributed by atoms with E-state index in [-0.39, 0.29) is 10.9 Å². The van der Waals surface area contributed by atoms with Crippen molar-refractivity contribution in [2.24, 2.45) is 5.14 Å². The zero-order valence-electron chi connectivity index (χ0n) is 11.4. The summed E-state index contributed by atoms with van der Waals surface area (Å²) in [6.07, 6.45) is 1.92. The van der Waals surface area contributed by atoms with Gasteiger partial charge in [0.15, 0.2) is 0 Å². The molecular formula is C15H17N3O2S. The summed E-state index contributed by atoms with van der Waals surface area (Å²) in [7, 11) is -3.68. The molecule has 21 heavy (non-hydrogen) atoms. The van der Waals surface area contributed by atoms with E-state index in [1.54, 1.807) is 12.1 Å². The number of aryl methyl sites for hydroxylation is 1. The number of nitrogen functional groups attached to an aromatic ring is 1. The third-order valence-corrected chi connectivity index (χ3v) is 4.66. The molecule has 0 bridgehead atoms. The molecule has 0 heterocycles. The Balaban J connectivity index is 1.87. The second-order valence-electron chi connectivity index (χ2n) is 5.27. The zero-order valence-corrected chi connectivity index (χ0v) is 12.2. The lowest BCUT2D eigenvalue weighted by atomic mass is 10.1. The summed E-state index contributed by atoms with van der Waals surface area (Å²) in [6, 6.07) is 12.6. The van der Waals surface area contributed by atoms with Crippen LogP contribution in [0.25, 0.3) is 0 Å². The van der Waals surface area contributed by atoms with Crippen molar-refractivity contribution in [1.29, 1.82) is 0 Å². The van der Waals surface area contributed by atoms with Crippen molar-refractivity contribution >= 4 is 21.4 Å². The number of fused-ring (bicyclic) bond motifs is 1. The number of sulfonamides is 1. The van der Waals surface area contributed by atoms with Gasteiger partial charge in [-0.3, -0.25) is 0 Å². The van der Waals surface area contributed by atoms with Crippen molar-refractivity contribution in [3.63, 3.8) is 0 Å². The molecule has 2 aromatic carbocycles. The van der Waals surface area contributed by atoms with Gasteiger partial charge in [-0.1, -0.05) is 12.1 Å². The zero-order chi connectivity index (χ0) is 15.0. The first-order chi connectivity index (χ1) is 9.93. The molecule has 0 amide bonds. The lowest BCUT2D eigenvalue weighted by molar-refractivity contribution is 0.598. The molecule has 0 saturated heterocycles. The molecule has 6 heteroatoms. The molecule has 0 spiro atoms. The van der Waals surface area contributed by atoms with Gasteiger partial charge in [0.25, 0.3) is 0 Å². The lowest BCUT2D eigenvalue weighted by Crippen LogP contribution is -2.13. The van der Waals surface area contributed by atoms with Gasteiger partial charge < -0.3 is 11.1 Å². The predicted octanol–water partition coefficient (Wildman–Crippen LogP) is 2.02. The van der Waals surface area contributed by atoms with Gasteiger partial charge in [-0.25, -0.2) is 13.6 Å². The Kier molecular flexibility index (Phi) is 3.35. The molecule has 1 atom stereocenters. The molecule has 2 aromatic rings. The lowest BCUT2D eigenvalue weighted by Gasteiger charge is -2.16. The maximum Gasteiger partial charge on any atom is 0.238 e. The minimum absolute atomic E-state index is 0.114. The average Bonchev–Trinajstić information content (AvgIpc) is 2.80. The fraction of sp³-hybridized carbons (Fsp3) is 0.200. The monoisotopic (exact) mass is 303 g/mol. The quantitative estimate of drug-likeness (QED) is 0.755. The Morgan fingerprint density at radius 3 is 2.71 bits per heavy atom. The van der Waals surface area contributed by atoms with E-state index < -0.39 is 10.0 Å². The highest BCUT2D eigenvalue weighted by atomic mass is 32.2. The van der Waals surface area contributed by atoms with Gasteiger partial charge in [-0.15, -0.1) is 0 Å². The van der Waals surface area contributed by atoms with Crippen LogP contribution in [0, 0.1) is 0 Å². The molecule has 0 fully saturated rings. The molecule has 5 N–H and O–H groups in total. The van der Waals surface area contributed by atoms with E-state index in [9.17, 15) is 8.42 Å². The van der Waals surface area contributed by atoms with Crippen LogP contribution in [0.4, 0.5) is 11.4 Å². The fourth-order valence-electron chi connectivity index (χ4n) is 2.75. The topological polar surface area (TPSA) is 98.2 Å². The van der Waals surface area contributed by atoms with Crippen LogP contribution in [-0.4, -0.2) is 8.42 Å². The van der Waals surface area contributed by atoms with Crippen LogP contribution in [-0.2, 0) is 16.4 Å². The highest BCUT2D eigenvalue weighted by Gasteiger charge is 2.22. The van der Waals surface area contributed by atoms with Crippen molar-refractivity contribution in [3.05, 3.63) is 53.6 Å². The van der Waals surface area contributed by atoms with Gasteiger partial charge >= 0.3 is 0 Å². The molecule has 0 aliphatic heterocycles. The van der Waals surface area contributed by atoms with Gasteiger partial charge in [-0.05, 0) is 54.3 Å². The highest BCUT2D eigenvalue weighted by Crippen LogP contribution is 2.35. The predicted molar refractivity (Wildman–Crippen MR) is 83.4 cm³/mol. The number of nitrogens with one attached hydrogen (secondary N) is 1. The molecule has 1 unspecified atom stereocenters. The van der Waals surface area contributed by atoms with Crippen LogP contribution in [0.1, 0.15) is 23.6 Å². The Morgan fingerprint density at radius 2 is 1.95 bits per heavy atom. The molecule has 5 nitrogen and oxygen atoms in total. The van der Waals surface area contributed by atoms with E-state index in [4.69, 9.17) is 10.9 Å². The Hall–Kier alpha value is -2.05. The maximum absolute atomic E-state index is 11.4. The van der Waals surface area contributed by atoms with Crippen LogP contribution < -0.4 is 16.2 Å². The number of nitrogens with two attached hydrogens (primary N) is 2.